The van der Waals surface area contributed by atoms with Crippen LogP contribution < -0.4 is 10.6 Å². The number of nitrogens with one attached hydrogen (secondary N) is 2. The molecule has 0 bridgehead atoms. The molecule has 0 aromatic heterocycles. The number of guanidine groups is 1. The lowest BCUT2D eigenvalue weighted by molar-refractivity contribution is 0.192. The predicted molar refractivity (Wildman–Crippen MR) is 90.0 cm³/mol. The number of nitrogens with zero attached hydrogens (tertiary/aromatic N) is 1. The first-order chi connectivity index (χ1) is 8.35. The van der Waals surface area contributed by atoms with Crippen LogP contribution in [0.25, 0.3) is 0 Å². The fourth-order valence-corrected chi connectivity index (χ4v) is 1.45. The summed E-state index contributed by atoms with van der Waals surface area (Å²) in [5, 5.41) is 6.60. The van der Waals surface area contributed by atoms with Gasteiger partial charge in [-0.1, -0.05) is 13.3 Å². The lowest BCUT2D eigenvalue weighted by Crippen LogP contribution is -2.37. The second-order valence-corrected chi connectivity index (χ2v) is 4.09. The van der Waals surface area contributed by atoms with Crippen molar-refractivity contribution in [2.24, 2.45) is 4.99 Å². The highest BCUT2D eigenvalue weighted by Crippen LogP contribution is 1.95. The minimum atomic E-state index is 0. The van der Waals surface area contributed by atoms with Crippen LogP contribution in [0, 0.1) is 0 Å². The Balaban J connectivity index is 0. The van der Waals surface area contributed by atoms with E-state index in [1.807, 2.05) is 0 Å². The number of hydrogen-bond acceptors (Lipinski definition) is 2. The van der Waals surface area contributed by atoms with E-state index in [9.17, 15) is 0 Å². The summed E-state index contributed by atoms with van der Waals surface area (Å²) in [6, 6.07) is 0. The van der Waals surface area contributed by atoms with E-state index in [-0.39, 0.29) is 24.0 Å². The van der Waals surface area contributed by atoms with E-state index >= 15 is 0 Å². The fraction of sp³-hybridized carbons (Fsp3) is 0.923. The zero-order valence-corrected chi connectivity index (χ0v) is 14.5. The third-order valence-electron chi connectivity index (χ3n) is 2.44. The molecule has 0 saturated carbocycles. The molecule has 0 aromatic carbocycles. The molecule has 5 heteroatoms. The molecule has 0 aliphatic carbocycles. The number of ether oxygens (including phenoxy) is 1. The van der Waals surface area contributed by atoms with Crippen molar-refractivity contribution in [1.29, 1.82) is 0 Å². The standard InChI is InChI=1S/C13H29N3O.HI/c1-4-6-10-15-13(14-5-2)16-11-8-7-9-12-17-3;/h4-12H2,1-3H3,(H2,14,15,16);1H. The van der Waals surface area contributed by atoms with Gasteiger partial charge < -0.3 is 15.4 Å². The van der Waals surface area contributed by atoms with Crippen LogP contribution >= 0.6 is 24.0 Å². The molecule has 18 heavy (non-hydrogen) atoms. The highest BCUT2D eigenvalue weighted by Gasteiger charge is 1.95. The van der Waals surface area contributed by atoms with E-state index < -0.39 is 0 Å². The maximum Gasteiger partial charge on any atom is 0.191 e. The van der Waals surface area contributed by atoms with Crippen molar-refractivity contribution >= 4 is 29.9 Å². The molecule has 0 unspecified atom stereocenters. The van der Waals surface area contributed by atoms with Crippen LogP contribution in [0.2, 0.25) is 0 Å². The normalized spacial score (nSPS) is 10.9. The summed E-state index contributed by atoms with van der Waals surface area (Å²) in [5.41, 5.74) is 0. The average Bonchev–Trinajstić information content (AvgIpc) is 2.34. The van der Waals surface area contributed by atoms with Gasteiger partial charge in [-0.3, -0.25) is 4.99 Å². The Labute approximate surface area is 129 Å². The number of rotatable bonds is 10. The minimum absolute atomic E-state index is 0. The van der Waals surface area contributed by atoms with E-state index in [1.54, 1.807) is 7.11 Å². The smallest absolute Gasteiger partial charge is 0.191 e. The molecule has 4 nitrogen and oxygen atoms in total. The van der Waals surface area contributed by atoms with Crippen molar-refractivity contribution in [3.05, 3.63) is 0 Å². The molecular formula is C13H30IN3O. The van der Waals surface area contributed by atoms with Crippen LogP contribution in [-0.2, 0) is 4.74 Å². The molecule has 0 aromatic rings. The topological polar surface area (TPSA) is 45.7 Å². The van der Waals surface area contributed by atoms with E-state index in [0.29, 0.717) is 0 Å². The van der Waals surface area contributed by atoms with Crippen LogP contribution in [-0.4, -0.2) is 39.3 Å². The number of hydrogen-bond donors (Lipinski definition) is 2. The first-order valence-electron chi connectivity index (χ1n) is 6.86. The summed E-state index contributed by atoms with van der Waals surface area (Å²) in [4.78, 5) is 4.54. The number of aliphatic imine (C=N–C) groups is 1. The predicted octanol–water partition coefficient (Wildman–Crippen LogP) is 2.78. The van der Waals surface area contributed by atoms with Crippen molar-refractivity contribution in [2.75, 3.05) is 33.4 Å². The van der Waals surface area contributed by atoms with Crippen LogP contribution in [0.3, 0.4) is 0 Å². The van der Waals surface area contributed by atoms with Crippen LogP contribution in [0.5, 0.6) is 0 Å². The first kappa shape index (κ1) is 20.3. The van der Waals surface area contributed by atoms with Gasteiger partial charge in [0.05, 0.1) is 0 Å². The quantitative estimate of drug-likeness (QED) is 0.269. The van der Waals surface area contributed by atoms with Gasteiger partial charge >= 0.3 is 0 Å². The summed E-state index contributed by atoms with van der Waals surface area (Å²) in [5.74, 6) is 0.952. The summed E-state index contributed by atoms with van der Waals surface area (Å²) in [6.45, 7) is 7.97. The van der Waals surface area contributed by atoms with Crippen LogP contribution in [0.4, 0.5) is 0 Å². The molecule has 0 fully saturated rings. The van der Waals surface area contributed by atoms with Crippen molar-refractivity contribution in [2.45, 2.75) is 46.0 Å². The van der Waals surface area contributed by atoms with Gasteiger partial charge in [0.15, 0.2) is 5.96 Å². The van der Waals surface area contributed by atoms with Crippen LogP contribution in [0.15, 0.2) is 4.99 Å². The molecule has 0 atom stereocenters. The van der Waals surface area contributed by atoms with Gasteiger partial charge in [-0.05, 0) is 32.6 Å². The summed E-state index contributed by atoms with van der Waals surface area (Å²) >= 11 is 0. The van der Waals surface area contributed by atoms with Gasteiger partial charge in [0, 0.05) is 33.4 Å². The highest BCUT2D eigenvalue weighted by molar-refractivity contribution is 14.0. The third kappa shape index (κ3) is 14.0. The third-order valence-corrected chi connectivity index (χ3v) is 2.44. The fourth-order valence-electron chi connectivity index (χ4n) is 1.45. The molecule has 0 rings (SSSR count). The molecule has 0 aliphatic heterocycles. The zero-order valence-electron chi connectivity index (χ0n) is 12.1. The Morgan fingerprint density at radius 1 is 1.06 bits per heavy atom. The second-order valence-electron chi connectivity index (χ2n) is 4.09. The van der Waals surface area contributed by atoms with Crippen molar-refractivity contribution < 1.29 is 4.74 Å². The van der Waals surface area contributed by atoms with Gasteiger partial charge in [0.2, 0.25) is 0 Å². The summed E-state index contributed by atoms with van der Waals surface area (Å²) in [7, 11) is 1.75. The van der Waals surface area contributed by atoms with E-state index in [1.165, 1.54) is 19.3 Å². The maximum absolute atomic E-state index is 5.01. The zero-order chi connectivity index (χ0) is 12.8. The Bertz CT molecular complexity index is 189. The van der Waals surface area contributed by atoms with Gasteiger partial charge in [-0.25, -0.2) is 0 Å². The van der Waals surface area contributed by atoms with E-state index in [2.05, 4.69) is 29.5 Å². The number of halogens is 1. The summed E-state index contributed by atoms with van der Waals surface area (Å²) < 4.78 is 5.01. The van der Waals surface area contributed by atoms with Crippen molar-refractivity contribution in [3.63, 3.8) is 0 Å². The minimum Gasteiger partial charge on any atom is -0.385 e. The van der Waals surface area contributed by atoms with Gasteiger partial charge in [-0.2, -0.15) is 0 Å². The Morgan fingerprint density at radius 2 is 1.83 bits per heavy atom. The van der Waals surface area contributed by atoms with Gasteiger partial charge in [0.1, 0.15) is 0 Å². The highest BCUT2D eigenvalue weighted by atomic mass is 127. The maximum atomic E-state index is 5.01. The lowest BCUT2D eigenvalue weighted by atomic mass is 10.2. The van der Waals surface area contributed by atoms with Gasteiger partial charge in [-0.15, -0.1) is 24.0 Å². The van der Waals surface area contributed by atoms with Gasteiger partial charge in [0.25, 0.3) is 0 Å². The lowest BCUT2D eigenvalue weighted by Gasteiger charge is -2.10. The molecule has 0 saturated heterocycles. The van der Waals surface area contributed by atoms with Crippen molar-refractivity contribution in [3.8, 4) is 0 Å². The molecule has 0 aliphatic rings. The molecule has 0 heterocycles. The first-order valence-corrected chi connectivity index (χ1v) is 6.86. The van der Waals surface area contributed by atoms with Crippen molar-refractivity contribution in [1.82, 2.24) is 10.6 Å². The Hall–Kier alpha value is -0.0400. The summed E-state index contributed by atoms with van der Waals surface area (Å²) in [6.07, 6.45) is 5.85. The monoisotopic (exact) mass is 371 g/mol. The molecule has 0 amide bonds. The second kappa shape index (κ2) is 17.0. The molecule has 0 radical (unpaired) electrons. The molecular weight excluding hydrogens is 341 g/mol. The Kier molecular flexibility index (Phi) is 19.1. The Morgan fingerprint density at radius 3 is 2.44 bits per heavy atom. The SMILES string of the molecule is CCCCNC(=NCCCCCOC)NCC.I. The molecule has 0 spiro atoms. The van der Waals surface area contributed by atoms with E-state index in [0.717, 1.165) is 45.0 Å². The van der Waals surface area contributed by atoms with E-state index in [4.69, 9.17) is 4.74 Å². The largest absolute Gasteiger partial charge is 0.385 e. The number of methoxy groups -OCH3 is 1. The van der Waals surface area contributed by atoms with Crippen LogP contribution in [0.1, 0.15) is 46.0 Å². The molecule has 2 N–H and O–H groups in total. The average molecular weight is 371 g/mol. The molecule has 110 valence electrons. The number of unbranched alkanes of at least 4 members (excludes halogenated alkanes) is 3.